The van der Waals surface area contributed by atoms with E-state index < -0.39 is 35.5 Å². The highest BCUT2D eigenvalue weighted by molar-refractivity contribution is 7.84. The van der Waals surface area contributed by atoms with Crippen LogP contribution in [0.4, 0.5) is 13.2 Å². The van der Waals surface area contributed by atoms with Crippen molar-refractivity contribution in [3.8, 4) is 11.5 Å². The molecule has 12 heteroatoms. The second kappa shape index (κ2) is 13.0. The van der Waals surface area contributed by atoms with E-state index in [-0.39, 0.29) is 11.5 Å². The molecule has 0 saturated heterocycles. The zero-order valence-corrected chi connectivity index (χ0v) is 23.8. The summed E-state index contributed by atoms with van der Waals surface area (Å²) in [7, 11) is 0.113. The zero-order chi connectivity index (χ0) is 30.4. The topological polar surface area (TPSA) is 114 Å². The molecule has 0 saturated carbocycles. The molecule has 2 N–H and O–H groups in total. The van der Waals surface area contributed by atoms with E-state index >= 15 is 0 Å². The van der Waals surface area contributed by atoms with Gasteiger partial charge >= 0.3 is 12.1 Å². The molecule has 0 fully saturated rings. The van der Waals surface area contributed by atoms with Gasteiger partial charge in [0.05, 0.1) is 46.3 Å². The van der Waals surface area contributed by atoms with Crippen LogP contribution in [0.5, 0.6) is 11.5 Å². The summed E-state index contributed by atoms with van der Waals surface area (Å²) in [5, 5.41) is 11.3. The van der Waals surface area contributed by atoms with Gasteiger partial charge < -0.3 is 19.6 Å². The molecule has 2 heterocycles. The van der Waals surface area contributed by atoms with Crippen molar-refractivity contribution in [3.63, 3.8) is 0 Å². The molecule has 8 nitrogen and oxygen atoms in total. The fraction of sp³-hybridized carbons (Fsp3) is 0.233. The summed E-state index contributed by atoms with van der Waals surface area (Å²) in [6.07, 6.45) is -3.09. The number of para-hydroxylation sites is 2. The molecule has 2 aromatic heterocycles. The summed E-state index contributed by atoms with van der Waals surface area (Å²) in [5.41, 5.74) is 3.10. The number of ether oxygens (including phenoxy) is 2. The number of hydrogen-bond acceptors (Lipinski definition) is 6. The van der Waals surface area contributed by atoms with Crippen LogP contribution in [0.25, 0.3) is 21.8 Å². The number of carboxylic acids is 1. The molecule has 1 unspecified atom stereocenters. The number of fused-ring (bicyclic) bond motifs is 2. The van der Waals surface area contributed by atoms with Crippen molar-refractivity contribution in [2.75, 3.05) is 13.7 Å². The van der Waals surface area contributed by atoms with Gasteiger partial charge in [-0.05, 0) is 60.5 Å². The number of imidazole rings is 1. The highest BCUT2D eigenvalue weighted by atomic mass is 32.2. The van der Waals surface area contributed by atoms with E-state index in [0.29, 0.717) is 21.9 Å². The number of hydrogen-bond donors (Lipinski definition) is 2. The maximum atomic E-state index is 12.5. The highest BCUT2D eigenvalue weighted by Gasteiger charge is 2.29. The number of benzene rings is 3. The molecule has 220 valence electrons. The number of aromatic nitrogens is 3. The molecule has 0 amide bonds. The van der Waals surface area contributed by atoms with Gasteiger partial charge in [0, 0.05) is 11.8 Å². The number of nitrogens with one attached hydrogen (secondary N) is 1. The molecule has 42 heavy (non-hydrogen) atoms. The molecule has 0 bridgehead atoms. The molecule has 0 aliphatic carbocycles. The van der Waals surface area contributed by atoms with E-state index in [1.807, 2.05) is 54.6 Å². The van der Waals surface area contributed by atoms with Crippen molar-refractivity contribution in [1.29, 1.82) is 0 Å². The van der Waals surface area contributed by atoms with Gasteiger partial charge in [0.25, 0.3) is 0 Å². The average Bonchev–Trinajstić information content (AvgIpc) is 3.41. The van der Waals surface area contributed by atoms with Gasteiger partial charge in [-0.15, -0.1) is 0 Å². The summed E-state index contributed by atoms with van der Waals surface area (Å²) < 4.78 is 59.4. The van der Waals surface area contributed by atoms with Crippen LogP contribution in [0.1, 0.15) is 29.7 Å². The smallest absolute Gasteiger partial charge is 0.422 e. The Bertz CT molecular complexity index is 1710. The van der Waals surface area contributed by atoms with Crippen molar-refractivity contribution < 1.29 is 36.8 Å². The zero-order valence-electron chi connectivity index (χ0n) is 22.9. The number of methoxy groups -OCH3 is 1. The van der Waals surface area contributed by atoms with E-state index in [0.717, 1.165) is 27.6 Å². The van der Waals surface area contributed by atoms with E-state index in [1.165, 1.54) is 12.3 Å². The van der Waals surface area contributed by atoms with Gasteiger partial charge in [0.15, 0.2) is 11.8 Å². The number of alkyl halides is 3. The van der Waals surface area contributed by atoms with Crippen LogP contribution in [-0.4, -0.2) is 50.1 Å². The Balaban J connectivity index is 0.000000208. The number of nitrogens with zero attached hydrogens (tertiary/aromatic N) is 2. The van der Waals surface area contributed by atoms with Gasteiger partial charge in [-0.3, -0.25) is 14.0 Å². The molecule has 0 aliphatic rings. The number of H-pyrrole nitrogens is 1. The minimum atomic E-state index is -4.42. The fourth-order valence-corrected chi connectivity index (χ4v) is 5.13. The van der Waals surface area contributed by atoms with E-state index in [1.54, 1.807) is 27.0 Å². The maximum Gasteiger partial charge on any atom is 0.422 e. The first-order valence-corrected chi connectivity index (χ1v) is 14.0. The van der Waals surface area contributed by atoms with Crippen LogP contribution >= 0.6 is 0 Å². The number of halogens is 3. The Morgan fingerprint density at radius 3 is 2.48 bits per heavy atom. The number of pyridine rings is 1. The van der Waals surface area contributed by atoms with Gasteiger partial charge in [-0.1, -0.05) is 36.4 Å². The summed E-state index contributed by atoms with van der Waals surface area (Å²) >= 11 is 0. The van der Waals surface area contributed by atoms with E-state index in [4.69, 9.17) is 14.6 Å². The third-order valence-corrected chi connectivity index (χ3v) is 7.60. The average molecular weight is 600 g/mol. The van der Waals surface area contributed by atoms with Crippen molar-refractivity contribution in [2.24, 2.45) is 0 Å². The molecule has 0 radical (unpaired) electrons. The molecule has 3 aromatic carbocycles. The second-order valence-electron chi connectivity index (χ2n) is 9.37. The SMILES string of the molecule is COc1ccc2cc([C@H](C)C(=O)O)ccc2c1.Cc1c(OCC(F)(F)F)ccnc1CS(=O)c1nc2ccccc2[nH]1. The highest BCUT2D eigenvalue weighted by Crippen LogP contribution is 2.26. The standard InChI is InChI=1S/C16H14F3N3O2S.C14H14O3/c1-10-13(20-7-6-14(10)24-9-16(17,18)19)8-25(23)15-21-11-4-2-3-5-12(11)22-15;1-9(14(15)16)10-3-4-12-8-13(17-2)6-5-11(12)7-10/h2-7H,8-9H2,1H3,(H,21,22);3-9H,1-2H3,(H,15,16)/t;9-/m.0/s1. The molecule has 5 rings (SSSR count). The molecular formula is C30H28F3N3O5S. The van der Waals surface area contributed by atoms with Crippen molar-refractivity contribution >= 4 is 38.6 Å². The third kappa shape index (κ3) is 7.64. The van der Waals surface area contributed by atoms with Crippen LogP contribution in [-0.2, 0) is 21.3 Å². The Kier molecular flexibility index (Phi) is 9.46. The van der Waals surface area contributed by atoms with Gasteiger partial charge in [-0.2, -0.15) is 13.2 Å². The predicted molar refractivity (Wildman–Crippen MR) is 153 cm³/mol. The normalized spacial score (nSPS) is 12.8. The maximum absolute atomic E-state index is 12.5. The lowest BCUT2D eigenvalue weighted by molar-refractivity contribution is -0.153. The number of rotatable bonds is 8. The van der Waals surface area contributed by atoms with Gasteiger partial charge in [0.2, 0.25) is 0 Å². The molecular weight excluding hydrogens is 571 g/mol. The first-order chi connectivity index (χ1) is 19.9. The summed E-state index contributed by atoms with van der Waals surface area (Å²) in [4.78, 5) is 22.3. The Hall–Kier alpha value is -4.45. The predicted octanol–water partition coefficient (Wildman–Crippen LogP) is 6.55. The van der Waals surface area contributed by atoms with E-state index in [9.17, 15) is 22.2 Å². The number of carbonyl (C=O) groups is 1. The van der Waals surface area contributed by atoms with Gasteiger partial charge in [-0.25, -0.2) is 4.98 Å². The lowest BCUT2D eigenvalue weighted by Gasteiger charge is -2.13. The van der Waals surface area contributed by atoms with Crippen LogP contribution in [0.15, 0.2) is 78.1 Å². The Labute approximate surface area is 242 Å². The number of aromatic amines is 1. The number of aliphatic carboxylic acids is 1. The van der Waals surface area contributed by atoms with Crippen LogP contribution in [0, 0.1) is 6.92 Å². The van der Waals surface area contributed by atoms with Crippen molar-refractivity contribution in [1.82, 2.24) is 15.0 Å². The first-order valence-electron chi connectivity index (χ1n) is 12.7. The molecule has 0 spiro atoms. The molecule has 5 aromatic rings. The van der Waals surface area contributed by atoms with Crippen LogP contribution in [0.3, 0.4) is 0 Å². The quantitative estimate of drug-likeness (QED) is 0.208. The molecule has 0 aliphatic heterocycles. The fourth-order valence-electron chi connectivity index (χ4n) is 4.03. The lowest BCUT2D eigenvalue weighted by atomic mass is 9.98. The van der Waals surface area contributed by atoms with E-state index in [2.05, 4.69) is 15.0 Å². The van der Waals surface area contributed by atoms with Crippen LogP contribution < -0.4 is 9.47 Å². The largest absolute Gasteiger partial charge is 0.497 e. The van der Waals surface area contributed by atoms with Crippen molar-refractivity contribution in [3.05, 3.63) is 89.7 Å². The summed E-state index contributed by atoms with van der Waals surface area (Å²) in [6, 6.07) is 20.0. The third-order valence-electron chi connectivity index (χ3n) is 6.44. The Morgan fingerprint density at radius 2 is 1.79 bits per heavy atom. The Morgan fingerprint density at radius 1 is 1.07 bits per heavy atom. The first kappa shape index (κ1) is 30.5. The molecule has 2 atom stereocenters. The summed E-state index contributed by atoms with van der Waals surface area (Å²) in [6.45, 7) is 1.89. The van der Waals surface area contributed by atoms with Crippen LogP contribution in [0.2, 0.25) is 0 Å². The summed E-state index contributed by atoms with van der Waals surface area (Å²) in [5.74, 6) is -0.394. The van der Waals surface area contributed by atoms with Crippen molar-refractivity contribution in [2.45, 2.75) is 36.9 Å². The number of carboxylic acid groups (broad SMARTS) is 1. The monoisotopic (exact) mass is 599 g/mol. The minimum absolute atomic E-state index is 0.0227. The van der Waals surface area contributed by atoms with Gasteiger partial charge in [0.1, 0.15) is 11.5 Å². The lowest BCUT2D eigenvalue weighted by Crippen LogP contribution is -2.19. The minimum Gasteiger partial charge on any atom is -0.497 e. The second-order valence-corrected chi connectivity index (χ2v) is 10.7.